The minimum Gasteiger partial charge on any atom is -0.350 e. The van der Waals surface area contributed by atoms with E-state index >= 15 is 0 Å². The monoisotopic (exact) mass is 295 g/mol. The topological polar surface area (TPSA) is 95.6 Å². The highest BCUT2D eigenvalue weighted by atomic mass is 16.2. The lowest BCUT2D eigenvalue weighted by Crippen LogP contribution is -2.64. The molecule has 2 aliphatic rings. The third-order valence-corrected chi connectivity index (χ3v) is 3.83. The Morgan fingerprint density at radius 3 is 2.33 bits per heavy atom. The number of carbonyl (C=O) groups excluding carboxylic acids is 4. The lowest BCUT2D eigenvalue weighted by molar-refractivity contribution is -0.152. The molecule has 1 aliphatic carbocycles. The minimum atomic E-state index is -1.16. The van der Waals surface area contributed by atoms with Crippen LogP contribution in [0.3, 0.4) is 0 Å². The van der Waals surface area contributed by atoms with Gasteiger partial charge in [0.1, 0.15) is 12.0 Å². The number of nitrogens with zero attached hydrogens (tertiary/aromatic N) is 1. The average Bonchev–Trinajstić information content (AvgIpc) is 2.81. The van der Waals surface area contributed by atoms with Crippen LogP contribution in [0.25, 0.3) is 0 Å². The smallest absolute Gasteiger partial charge is 0.331 e. The van der Waals surface area contributed by atoms with Crippen molar-refractivity contribution in [3.8, 4) is 0 Å². The zero-order chi connectivity index (χ0) is 15.8. The Balaban J connectivity index is 2.15. The number of imide groups is 2. The molecule has 0 aromatic heterocycles. The molecule has 0 unspecified atom stereocenters. The van der Waals surface area contributed by atoms with E-state index in [0.717, 1.165) is 17.7 Å². The highest BCUT2D eigenvalue weighted by Gasteiger charge is 2.55. The summed E-state index contributed by atoms with van der Waals surface area (Å²) in [6.07, 6.45) is 2.41. The lowest BCUT2D eigenvalue weighted by Gasteiger charge is -2.36. The van der Waals surface area contributed by atoms with Crippen molar-refractivity contribution in [1.82, 2.24) is 15.5 Å². The van der Waals surface area contributed by atoms with Crippen LogP contribution in [-0.2, 0) is 14.4 Å². The van der Waals surface area contributed by atoms with Crippen LogP contribution in [-0.4, -0.2) is 40.7 Å². The number of barbiturate groups is 1. The van der Waals surface area contributed by atoms with Crippen LogP contribution < -0.4 is 10.6 Å². The van der Waals surface area contributed by atoms with E-state index in [2.05, 4.69) is 10.6 Å². The standard InChI is InChI=1S/C14H21N3O4/c1-13(2,3)16-9(18)8-17-11(20)14(6-4-5-7-14)10(19)15-12(17)21/h4-8H2,1-3H3,(H,16,18)(H,15,19,21). The number of amides is 5. The maximum absolute atomic E-state index is 12.5. The highest BCUT2D eigenvalue weighted by Crippen LogP contribution is 2.41. The first-order valence-electron chi connectivity index (χ1n) is 7.14. The minimum absolute atomic E-state index is 0.364. The predicted octanol–water partition coefficient (Wildman–Crippen LogP) is 0.540. The summed E-state index contributed by atoms with van der Waals surface area (Å²) in [7, 11) is 0. The molecule has 1 aliphatic heterocycles. The van der Waals surface area contributed by atoms with Crippen molar-refractivity contribution in [1.29, 1.82) is 0 Å². The Morgan fingerprint density at radius 1 is 1.24 bits per heavy atom. The van der Waals surface area contributed by atoms with Crippen molar-refractivity contribution >= 4 is 23.8 Å². The molecular weight excluding hydrogens is 274 g/mol. The molecule has 0 aromatic carbocycles. The van der Waals surface area contributed by atoms with Gasteiger partial charge in [0.25, 0.3) is 0 Å². The number of carbonyl (C=O) groups is 4. The van der Waals surface area contributed by atoms with E-state index in [1.54, 1.807) is 0 Å². The molecular formula is C14H21N3O4. The molecule has 1 saturated carbocycles. The van der Waals surface area contributed by atoms with E-state index in [1.807, 2.05) is 20.8 Å². The largest absolute Gasteiger partial charge is 0.350 e. The highest BCUT2D eigenvalue weighted by molar-refractivity contribution is 6.20. The molecule has 0 bridgehead atoms. The van der Waals surface area contributed by atoms with Gasteiger partial charge in [0.05, 0.1) is 0 Å². The van der Waals surface area contributed by atoms with Gasteiger partial charge in [0.2, 0.25) is 17.7 Å². The van der Waals surface area contributed by atoms with Gasteiger partial charge in [0.15, 0.2) is 0 Å². The predicted molar refractivity (Wildman–Crippen MR) is 74.0 cm³/mol. The van der Waals surface area contributed by atoms with Crippen LogP contribution in [0.15, 0.2) is 0 Å². The van der Waals surface area contributed by atoms with Crippen molar-refractivity contribution in [3.05, 3.63) is 0 Å². The van der Waals surface area contributed by atoms with E-state index in [4.69, 9.17) is 0 Å². The molecule has 116 valence electrons. The number of urea groups is 1. The first-order chi connectivity index (χ1) is 9.66. The molecule has 2 fully saturated rings. The summed E-state index contributed by atoms with van der Waals surface area (Å²) in [6.45, 7) is 5.07. The summed E-state index contributed by atoms with van der Waals surface area (Å²) in [6, 6.07) is -0.813. The molecule has 2 rings (SSSR count). The molecule has 1 heterocycles. The zero-order valence-electron chi connectivity index (χ0n) is 12.6. The molecule has 1 spiro atoms. The molecule has 0 aromatic rings. The van der Waals surface area contributed by atoms with Crippen LogP contribution in [0, 0.1) is 5.41 Å². The first-order valence-corrected chi connectivity index (χ1v) is 7.14. The van der Waals surface area contributed by atoms with Gasteiger partial charge >= 0.3 is 6.03 Å². The summed E-state index contributed by atoms with van der Waals surface area (Å²) < 4.78 is 0. The lowest BCUT2D eigenvalue weighted by atomic mass is 9.82. The molecule has 0 radical (unpaired) electrons. The van der Waals surface area contributed by atoms with Gasteiger partial charge in [-0.05, 0) is 33.6 Å². The second kappa shape index (κ2) is 5.13. The number of rotatable bonds is 2. The fourth-order valence-electron chi connectivity index (χ4n) is 2.90. The van der Waals surface area contributed by atoms with Crippen LogP contribution in [0.4, 0.5) is 4.79 Å². The maximum Gasteiger partial charge on any atom is 0.331 e. The zero-order valence-corrected chi connectivity index (χ0v) is 12.6. The summed E-state index contributed by atoms with van der Waals surface area (Å²) in [5, 5.41) is 4.91. The van der Waals surface area contributed by atoms with Crippen LogP contribution in [0.1, 0.15) is 46.5 Å². The molecule has 2 N–H and O–H groups in total. The molecule has 21 heavy (non-hydrogen) atoms. The number of hydrogen-bond acceptors (Lipinski definition) is 4. The SMILES string of the molecule is CC(C)(C)NC(=O)CN1C(=O)NC(=O)C2(CCCC2)C1=O. The molecule has 7 nitrogen and oxygen atoms in total. The quantitative estimate of drug-likeness (QED) is 0.727. The third kappa shape index (κ3) is 2.91. The molecule has 7 heteroatoms. The Labute approximate surface area is 123 Å². The number of nitrogens with one attached hydrogen (secondary N) is 2. The van der Waals surface area contributed by atoms with Gasteiger partial charge in [0, 0.05) is 5.54 Å². The van der Waals surface area contributed by atoms with E-state index in [1.165, 1.54) is 0 Å². The number of hydrogen-bond donors (Lipinski definition) is 2. The van der Waals surface area contributed by atoms with Gasteiger partial charge < -0.3 is 5.32 Å². The Morgan fingerprint density at radius 2 is 1.81 bits per heavy atom. The van der Waals surface area contributed by atoms with E-state index in [-0.39, 0.29) is 6.54 Å². The van der Waals surface area contributed by atoms with E-state index in [0.29, 0.717) is 12.8 Å². The van der Waals surface area contributed by atoms with Gasteiger partial charge in [-0.3, -0.25) is 24.6 Å². The molecule has 1 saturated heterocycles. The van der Waals surface area contributed by atoms with Gasteiger partial charge in [-0.15, -0.1) is 0 Å². The second-order valence-electron chi connectivity index (χ2n) is 6.74. The van der Waals surface area contributed by atoms with Gasteiger partial charge in [-0.1, -0.05) is 12.8 Å². The van der Waals surface area contributed by atoms with E-state index < -0.39 is 34.7 Å². The van der Waals surface area contributed by atoms with Crippen LogP contribution >= 0.6 is 0 Å². The van der Waals surface area contributed by atoms with E-state index in [9.17, 15) is 19.2 Å². The normalized spacial score (nSPS) is 21.7. The average molecular weight is 295 g/mol. The Bertz CT molecular complexity index is 501. The van der Waals surface area contributed by atoms with Gasteiger partial charge in [-0.25, -0.2) is 4.79 Å². The van der Waals surface area contributed by atoms with Gasteiger partial charge in [-0.2, -0.15) is 0 Å². The van der Waals surface area contributed by atoms with Crippen molar-refractivity contribution in [3.63, 3.8) is 0 Å². The molecule has 5 amide bonds. The first kappa shape index (κ1) is 15.5. The summed E-state index contributed by atoms with van der Waals surface area (Å²) in [5.74, 6) is -1.49. The Kier molecular flexibility index (Phi) is 3.78. The summed E-state index contributed by atoms with van der Waals surface area (Å²) in [4.78, 5) is 49.2. The summed E-state index contributed by atoms with van der Waals surface area (Å²) >= 11 is 0. The fourth-order valence-corrected chi connectivity index (χ4v) is 2.90. The summed E-state index contributed by atoms with van der Waals surface area (Å²) in [5.41, 5.74) is -1.61. The second-order valence-corrected chi connectivity index (χ2v) is 6.74. The molecule has 0 atom stereocenters. The van der Waals surface area contributed by atoms with Crippen molar-refractivity contribution in [2.24, 2.45) is 5.41 Å². The van der Waals surface area contributed by atoms with Crippen LogP contribution in [0.5, 0.6) is 0 Å². The van der Waals surface area contributed by atoms with Crippen molar-refractivity contribution in [2.45, 2.75) is 52.0 Å². The van der Waals surface area contributed by atoms with Crippen molar-refractivity contribution in [2.75, 3.05) is 6.54 Å². The maximum atomic E-state index is 12.5. The fraction of sp³-hybridized carbons (Fsp3) is 0.714. The third-order valence-electron chi connectivity index (χ3n) is 3.83. The Hall–Kier alpha value is -1.92. The van der Waals surface area contributed by atoms with Crippen molar-refractivity contribution < 1.29 is 19.2 Å². The van der Waals surface area contributed by atoms with Crippen LogP contribution in [0.2, 0.25) is 0 Å².